The third-order valence-corrected chi connectivity index (χ3v) is 12.2. The zero-order valence-electron chi connectivity index (χ0n) is 27.2. The van der Waals surface area contributed by atoms with E-state index in [-0.39, 0.29) is 5.41 Å². The lowest BCUT2D eigenvalue weighted by Gasteiger charge is -2.36. The number of rotatable bonds is 4. The predicted octanol–water partition coefficient (Wildman–Crippen LogP) is 12.7. The number of hydrogen-bond donors (Lipinski definition) is 0. The van der Waals surface area contributed by atoms with Gasteiger partial charge in [-0.25, -0.2) is 9.97 Å². The summed E-state index contributed by atoms with van der Waals surface area (Å²) in [6, 6.07) is 52.9. The van der Waals surface area contributed by atoms with Gasteiger partial charge in [0.25, 0.3) is 0 Å². The summed E-state index contributed by atoms with van der Waals surface area (Å²) in [5.74, 6) is 0.741. The first-order chi connectivity index (χ1) is 24.3. The van der Waals surface area contributed by atoms with Gasteiger partial charge in [-0.3, -0.25) is 0 Å². The number of thiophene rings is 1. The molecular formula is C46H34N2S. The SMILES string of the molecule is c1ccc(-c2cc(-c3cccc4c3sc3c(-c5ccc6c(c5)-c5ccccc5C65CCCCC5)cccc34)nc(-c3ccccc3)n2)cc1. The van der Waals surface area contributed by atoms with Crippen LogP contribution in [0.4, 0.5) is 0 Å². The van der Waals surface area contributed by atoms with Gasteiger partial charge < -0.3 is 0 Å². The van der Waals surface area contributed by atoms with Gasteiger partial charge in [0.05, 0.1) is 11.4 Å². The summed E-state index contributed by atoms with van der Waals surface area (Å²) in [6.45, 7) is 0. The van der Waals surface area contributed by atoms with Gasteiger partial charge in [0.2, 0.25) is 0 Å². The monoisotopic (exact) mass is 646 g/mol. The number of hydrogen-bond acceptors (Lipinski definition) is 3. The fourth-order valence-corrected chi connectivity index (χ4v) is 9.99. The Morgan fingerprint density at radius 1 is 0.429 bits per heavy atom. The second-order valence-electron chi connectivity index (χ2n) is 13.6. The van der Waals surface area contributed by atoms with E-state index in [4.69, 9.17) is 9.97 Å². The van der Waals surface area contributed by atoms with Crippen LogP contribution in [0.25, 0.3) is 76.3 Å². The molecule has 0 saturated heterocycles. The molecular weight excluding hydrogens is 613 g/mol. The third kappa shape index (κ3) is 4.53. The molecule has 2 aliphatic rings. The second kappa shape index (κ2) is 11.4. The van der Waals surface area contributed by atoms with E-state index in [2.05, 4.69) is 121 Å². The normalized spacial score (nSPS) is 14.7. The van der Waals surface area contributed by atoms with Crippen molar-refractivity contribution in [3.05, 3.63) is 157 Å². The summed E-state index contributed by atoms with van der Waals surface area (Å²) in [7, 11) is 0. The molecule has 0 atom stereocenters. The largest absolute Gasteiger partial charge is 0.228 e. The smallest absolute Gasteiger partial charge is 0.160 e. The van der Waals surface area contributed by atoms with Crippen molar-refractivity contribution in [1.29, 1.82) is 0 Å². The maximum atomic E-state index is 5.20. The summed E-state index contributed by atoms with van der Waals surface area (Å²) in [5.41, 5.74) is 13.8. The van der Waals surface area contributed by atoms with E-state index in [1.54, 1.807) is 5.56 Å². The third-order valence-electron chi connectivity index (χ3n) is 10.9. The van der Waals surface area contributed by atoms with Gasteiger partial charge in [-0.05, 0) is 58.4 Å². The first-order valence-electron chi connectivity index (χ1n) is 17.5. The molecule has 0 bridgehead atoms. The van der Waals surface area contributed by atoms with Gasteiger partial charge in [-0.15, -0.1) is 11.3 Å². The number of aromatic nitrogens is 2. The summed E-state index contributed by atoms with van der Waals surface area (Å²) in [6.07, 6.45) is 6.48. The zero-order chi connectivity index (χ0) is 32.4. The average Bonchev–Trinajstić information content (AvgIpc) is 3.69. The lowest BCUT2D eigenvalue weighted by atomic mass is 9.68. The summed E-state index contributed by atoms with van der Waals surface area (Å²) < 4.78 is 2.58. The Balaban J connectivity index is 1.15. The topological polar surface area (TPSA) is 25.8 Å². The Morgan fingerprint density at radius 3 is 1.82 bits per heavy atom. The molecule has 3 heteroatoms. The summed E-state index contributed by atoms with van der Waals surface area (Å²) in [5, 5.41) is 2.57. The van der Waals surface area contributed by atoms with Crippen LogP contribution in [0.1, 0.15) is 43.2 Å². The minimum absolute atomic E-state index is 0.177. The Kier molecular flexibility index (Phi) is 6.63. The van der Waals surface area contributed by atoms with E-state index >= 15 is 0 Å². The van der Waals surface area contributed by atoms with Crippen LogP contribution in [0.2, 0.25) is 0 Å². The highest BCUT2D eigenvalue weighted by Gasteiger charge is 2.43. The van der Waals surface area contributed by atoms with Crippen LogP contribution < -0.4 is 0 Å². The van der Waals surface area contributed by atoms with Crippen molar-refractivity contribution in [2.24, 2.45) is 0 Å². The molecule has 1 spiro atoms. The predicted molar refractivity (Wildman–Crippen MR) is 206 cm³/mol. The molecule has 8 aromatic rings. The first-order valence-corrected chi connectivity index (χ1v) is 18.3. The van der Waals surface area contributed by atoms with Gasteiger partial charge in [-0.1, -0.05) is 153 Å². The highest BCUT2D eigenvalue weighted by atomic mass is 32.1. The Labute approximate surface area is 290 Å². The molecule has 2 aromatic heterocycles. The van der Waals surface area contributed by atoms with Crippen molar-refractivity contribution in [3.8, 4) is 56.2 Å². The van der Waals surface area contributed by atoms with E-state index in [0.29, 0.717) is 0 Å². The van der Waals surface area contributed by atoms with Gasteiger partial charge in [0.15, 0.2) is 5.82 Å². The van der Waals surface area contributed by atoms with Gasteiger partial charge in [0.1, 0.15) is 0 Å². The lowest BCUT2D eigenvalue weighted by Crippen LogP contribution is -2.27. The van der Waals surface area contributed by atoms with Crippen LogP contribution in [0.3, 0.4) is 0 Å². The molecule has 0 radical (unpaired) electrons. The van der Waals surface area contributed by atoms with Crippen LogP contribution >= 0.6 is 11.3 Å². The van der Waals surface area contributed by atoms with E-state index < -0.39 is 0 Å². The molecule has 6 aromatic carbocycles. The standard InChI is InChI=1S/C46H34N2S/c1-4-14-30(15-5-1)41-29-42(48-45(47-41)31-16-6-2-7-17-31)37-22-13-21-36-35-20-12-19-33(43(35)49-44(36)37)32-24-25-40-38(28-32)34-18-8-9-23-39(34)46(40)26-10-3-11-27-46/h1-2,4-9,12-25,28-29H,3,10-11,26-27H2. The van der Waals surface area contributed by atoms with Gasteiger partial charge in [0, 0.05) is 42.3 Å². The van der Waals surface area contributed by atoms with Crippen molar-refractivity contribution in [1.82, 2.24) is 9.97 Å². The molecule has 1 saturated carbocycles. The van der Waals surface area contributed by atoms with Crippen LogP contribution in [-0.2, 0) is 5.41 Å². The molecule has 49 heavy (non-hydrogen) atoms. The van der Waals surface area contributed by atoms with Crippen molar-refractivity contribution in [2.75, 3.05) is 0 Å². The molecule has 234 valence electrons. The quantitative estimate of drug-likeness (QED) is 0.190. The molecule has 0 aliphatic heterocycles. The number of fused-ring (bicyclic) bond motifs is 8. The Morgan fingerprint density at radius 2 is 1.04 bits per heavy atom. The van der Waals surface area contributed by atoms with Crippen molar-refractivity contribution >= 4 is 31.5 Å². The minimum Gasteiger partial charge on any atom is -0.228 e. The molecule has 0 N–H and O–H groups in total. The number of nitrogens with zero attached hydrogens (tertiary/aromatic N) is 2. The minimum atomic E-state index is 0.177. The van der Waals surface area contributed by atoms with E-state index in [1.165, 1.54) is 80.1 Å². The van der Waals surface area contributed by atoms with Crippen molar-refractivity contribution in [3.63, 3.8) is 0 Å². The van der Waals surface area contributed by atoms with E-state index in [9.17, 15) is 0 Å². The fraction of sp³-hybridized carbons (Fsp3) is 0.130. The van der Waals surface area contributed by atoms with Gasteiger partial charge in [-0.2, -0.15) is 0 Å². The van der Waals surface area contributed by atoms with Crippen molar-refractivity contribution < 1.29 is 0 Å². The molecule has 0 amide bonds. The Hall–Kier alpha value is -5.38. The fourth-order valence-electron chi connectivity index (χ4n) is 8.63. The number of benzene rings is 6. The van der Waals surface area contributed by atoms with Crippen LogP contribution in [-0.4, -0.2) is 9.97 Å². The first kappa shape index (κ1) is 28.6. The highest BCUT2D eigenvalue weighted by molar-refractivity contribution is 7.26. The van der Waals surface area contributed by atoms with Crippen LogP contribution in [0.15, 0.2) is 146 Å². The maximum Gasteiger partial charge on any atom is 0.160 e. The highest BCUT2D eigenvalue weighted by Crippen LogP contribution is 2.56. The zero-order valence-corrected chi connectivity index (χ0v) is 28.0. The Bertz CT molecular complexity index is 2470. The second-order valence-corrected chi connectivity index (χ2v) is 14.6. The maximum absolute atomic E-state index is 5.20. The molecule has 1 fully saturated rings. The van der Waals surface area contributed by atoms with E-state index in [0.717, 1.165) is 33.9 Å². The van der Waals surface area contributed by atoms with Crippen molar-refractivity contribution in [2.45, 2.75) is 37.5 Å². The van der Waals surface area contributed by atoms with Crippen LogP contribution in [0.5, 0.6) is 0 Å². The molecule has 2 aliphatic carbocycles. The van der Waals surface area contributed by atoms with Gasteiger partial charge >= 0.3 is 0 Å². The lowest BCUT2D eigenvalue weighted by molar-refractivity contribution is 0.353. The van der Waals surface area contributed by atoms with E-state index in [1.807, 2.05) is 35.6 Å². The molecule has 2 nitrogen and oxygen atoms in total. The summed E-state index contributed by atoms with van der Waals surface area (Å²) >= 11 is 1.89. The molecule has 10 rings (SSSR count). The van der Waals surface area contributed by atoms with Crippen LogP contribution in [0, 0.1) is 0 Å². The summed E-state index contributed by atoms with van der Waals surface area (Å²) in [4.78, 5) is 10.2. The molecule has 2 heterocycles. The molecule has 0 unspecified atom stereocenters. The average molecular weight is 647 g/mol.